The zero-order valence-corrected chi connectivity index (χ0v) is 9.67. The first-order valence-electron chi connectivity index (χ1n) is 5.76. The highest BCUT2D eigenvalue weighted by Crippen LogP contribution is 2.09. The Hall–Kier alpha value is -1.65. The summed E-state index contributed by atoms with van der Waals surface area (Å²) in [6.07, 6.45) is 8.06. The van der Waals surface area contributed by atoms with Crippen molar-refractivity contribution < 1.29 is 4.42 Å². The minimum atomic E-state index is 0.240. The van der Waals surface area contributed by atoms with Crippen molar-refractivity contribution in [2.75, 3.05) is 0 Å². The molecule has 0 spiro atoms. The number of aromatic nitrogens is 1. The molecular weight excluding hydrogens is 214 g/mol. The number of nitrogens with two attached hydrogens (primary N) is 1. The van der Waals surface area contributed by atoms with Crippen molar-refractivity contribution >= 4 is 0 Å². The molecule has 4 nitrogen and oxygen atoms in total. The van der Waals surface area contributed by atoms with Crippen LogP contribution < -0.4 is 11.3 Å². The summed E-state index contributed by atoms with van der Waals surface area (Å²) >= 11 is 0. The summed E-state index contributed by atoms with van der Waals surface area (Å²) < 4.78 is 5.30. The maximum Gasteiger partial charge on any atom is 0.103 e. The standard InChI is InChI=1S/C13H17N3O/c14-16-12(5-6-13-4-2-8-17-13)9-11-3-1-7-15-10-11/h1-4,7-8,10,12,16H,5-6,9,14H2. The molecule has 90 valence electrons. The van der Waals surface area contributed by atoms with Crippen LogP contribution in [0.5, 0.6) is 0 Å². The Labute approximate surface area is 101 Å². The van der Waals surface area contributed by atoms with Crippen LogP contribution in [-0.2, 0) is 12.8 Å². The largest absolute Gasteiger partial charge is 0.469 e. The Bertz CT molecular complexity index is 413. The highest BCUT2D eigenvalue weighted by Gasteiger charge is 2.08. The fourth-order valence-corrected chi connectivity index (χ4v) is 1.82. The molecular formula is C13H17N3O. The minimum absolute atomic E-state index is 0.240. The van der Waals surface area contributed by atoms with E-state index in [4.69, 9.17) is 10.3 Å². The fourth-order valence-electron chi connectivity index (χ4n) is 1.82. The van der Waals surface area contributed by atoms with E-state index in [0.29, 0.717) is 0 Å². The summed E-state index contributed by atoms with van der Waals surface area (Å²) in [5.41, 5.74) is 4.03. The van der Waals surface area contributed by atoms with Gasteiger partial charge in [0.2, 0.25) is 0 Å². The number of furan rings is 1. The normalized spacial score (nSPS) is 12.5. The summed E-state index contributed by atoms with van der Waals surface area (Å²) in [7, 11) is 0. The third-order valence-corrected chi connectivity index (χ3v) is 2.76. The van der Waals surface area contributed by atoms with Crippen molar-refractivity contribution in [3.8, 4) is 0 Å². The molecule has 2 rings (SSSR count). The molecule has 0 saturated heterocycles. The van der Waals surface area contributed by atoms with Gasteiger partial charge in [-0.2, -0.15) is 0 Å². The van der Waals surface area contributed by atoms with Crippen LogP contribution in [-0.4, -0.2) is 11.0 Å². The van der Waals surface area contributed by atoms with E-state index < -0.39 is 0 Å². The molecule has 0 saturated carbocycles. The Balaban J connectivity index is 1.85. The third kappa shape index (κ3) is 3.69. The molecule has 0 amide bonds. The summed E-state index contributed by atoms with van der Waals surface area (Å²) in [6, 6.07) is 8.13. The molecule has 2 aromatic rings. The van der Waals surface area contributed by atoms with Gasteiger partial charge in [0.25, 0.3) is 0 Å². The van der Waals surface area contributed by atoms with Crippen LogP contribution in [0, 0.1) is 0 Å². The van der Waals surface area contributed by atoms with Gasteiger partial charge in [-0.05, 0) is 36.6 Å². The van der Waals surface area contributed by atoms with Gasteiger partial charge in [-0.15, -0.1) is 0 Å². The van der Waals surface area contributed by atoms with Gasteiger partial charge < -0.3 is 4.42 Å². The molecule has 3 N–H and O–H groups in total. The zero-order valence-electron chi connectivity index (χ0n) is 9.67. The van der Waals surface area contributed by atoms with Gasteiger partial charge >= 0.3 is 0 Å². The number of hydrogen-bond donors (Lipinski definition) is 2. The van der Waals surface area contributed by atoms with Crippen LogP contribution in [0.3, 0.4) is 0 Å². The van der Waals surface area contributed by atoms with Gasteiger partial charge in [0.05, 0.1) is 6.26 Å². The number of nitrogens with one attached hydrogen (secondary N) is 1. The molecule has 2 aromatic heterocycles. The maximum atomic E-state index is 5.56. The monoisotopic (exact) mass is 231 g/mol. The fraction of sp³-hybridized carbons (Fsp3) is 0.308. The number of aryl methyl sites for hydroxylation is 1. The predicted molar refractivity (Wildman–Crippen MR) is 66.1 cm³/mol. The van der Waals surface area contributed by atoms with E-state index in [1.807, 2.05) is 24.4 Å². The van der Waals surface area contributed by atoms with Crippen molar-refractivity contribution in [3.05, 3.63) is 54.2 Å². The summed E-state index contributed by atoms with van der Waals surface area (Å²) in [5.74, 6) is 6.56. The number of hydrazine groups is 1. The second kappa shape index (κ2) is 6.18. The van der Waals surface area contributed by atoms with Crippen LogP contribution in [0.15, 0.2) is 47.3 Å². The van der Waals surface area contributed by atoms with Crippen LogP contribution in [0.4, 0.5) is 0 Å². The molecule has 0 aliphatic carbocycles. The average molecular weight is 231 g/mol. The summed E-state index contributed by atoms with van der Waals surface area (Å²) in [6.45, 7) is 0. The van der Waals surface area contributed by atoms with Crippen molar-refractivity contribution in [3.63, 3.8) is 0 Å². The van der Waals surface area contributed by atoms with Gasteiger partial charge in [0, 0.05) is 24.9 Å². The van der Waals surface area contributed by atoms with Crippen molar-refractivity contribution in [2.24, 2.45) is 5.84 Å². The minimum Gasteiger partial charge on any atom is -0.469 e. The van der Waals surface area contributed by atoms with Crippen LogP contribution in [0.25, 0.3) is 0 Å². The maximum absolute atomic E-state index is 5.56. The molecule has 17 heavy (non-hydrogen) atoms. The van der Waals surface area contributed by atoms with Gasteiger partial charge in [0.15, 0.2) is 0 Å². The number of rotatable bonds is 6. The lowest BCUT2D eigenvalue weighted by molar-refractivity contribution is 0.447. The quantitative estimate of drug-likeness (QED) is 0.586. The van der Waals surface area contributed by atoms with Gasteiger partial charge in [-0.25, -0.2) is 0 Å². The highest BCUT2D eigenvalue weighted by molar-refractivity contribution is 5.10. The highest BCUT2D eigenvalue weighted by atomic mass is 16.3. The molecule has 0 aliphatic heterocycles. The topological polar surface area (TPSA) is 64.1 Å². The predicted octanol–water partition coefficient (Wildman–Crippen LogP) is 1.68. The first kappa shape index (κ1) is 11.8. The van der Waals surface area contributed by atoms with E-state index in [9.17, 15) is 0 Å². The Morgan fingerprint density at radius 1 is 1.35 bits per heavy atom. The average Bonchev–Trinajstić information content (AvgIpc) is 2.89. The van der Waals surface area contributed by atoms with Crippen molar-refractivity contribution in [1.82, 2.24) is 10.4 Å². The molecule has 0 radical (unpaired) electrons. The molecule has 0 bridgehead atoms. The third-order valence-electron chi connectivity index (χ3n) is 2.76. The van der Waals surface area contributed by atoms with Gasteiger partial charge in [-0.1, -0.05) is 6.07 Å². The first-order chi connectivity index (χ1) is 8.38. The molecule has 0 aromatic carbocycles. The molecule has 1 unspecified atom stereocenters. The lowest BCUT2D eigenvalue weighted by Crippen LogP contribution is -2.37. The van der Waals surface area contributed by atoms with E-state index in [2.05, 4.69) is 16.5 Å². The van der Waals surface area contributed by atoms with Crippen LogP contribution >= 0.6 is 0 Å². The van der Waals surface area contributed by atoms with Gasteiger partial charge in [0.1, 0.15) is 5.76 Å². The van der Waals surface area contributed by atoms with E-state index in [0.717, 1.165) is 25.0 Å². The lowest BCUT2D eigenvalue weighted by Gasteiger charge is -2.14. The Morgan fingerprint density at radius 2 is 2.29 bits per heavy atom. The second-order valence-corrected chi connectivity index (χ2v) is 4.05. The number of hydrogen-bond acceptors (Lipinski definition) is 4. The first-order valence-corrected chi connectivity index (χ1v) is 5.76. The molecule has 1 atom stereocenters. The molecule has 0 fully saturated rings. The smallest absolute Gasteiger partial charge is 0.103 e. The SMILES string of the molecule is NNC(CCc1ccco1)Cc1cccnc1. The molecule has 2 heterocycles. The summed E-state index contributed by atoms with van der Waals surface area (Å²) in [4.78, 5) is 4.09. The second-order valence-electron chi connectivity index (χ2n) is 4.05. The zero-order chi connectivity index (χ0) is 11.9. The van der Waals surface area contributed by atoms with Crippen molar-refractivity contribution in [1.29, 1.82) is 0 Å². The van der Waals surface area contributed by atoms with Gasteiger partial charge in [-0.3, -0.25) is 16.3 Å². The van der Waals surface area contributed by atoms with Crippen molar-refractivity contribution in [2.45, 2.75) is 25.3 Å². The van der Waals surface area contributed by atoms with Crippen LogP contribution in [0.2, 0.25) is 0 Å². The van der Waals surface area contributed by atoms with E-state index in [-0.39, 0.29) is 6.04 Å². The Kier molecular flexibility index (Phi) is 4.30. The number of nitrogens with zero attached hydrogens (tertiary/aromatic N) is 1. The molecule has 0 aliphatic rings. The Morgan fingerprint density at radius 3 is 2.94 bits per heavy atom. The molecule has 4 heteroatoms. The lowest BCUT2D eigenvalue weighted by atomic mass is 10.0. The van der Waals surface area contributed by atoms with E-state index >= 15 is 0 Å². The summed E-state index contributed by atoms with van der Waals surface area (Å²) in [5, 5.41) is 0. The number of pyridine rings is 1. The van der Waals surface area contributed by atoms with E-state index in [1.54, 1.807) is 12.5 Å². The van der Waals surface area contributed by atoms with E-state index in [1.165, 1.54) is 5.56 Å². The van der Waals surface area contributed by atoms with Crippen LogP contribution in [0.1, 0.15) is 17.7 Å².